The summed E-state index contributed by atoms with van der Waals surface area (Å²) in [5, 5.41) is 3.28. The number of nitrogens with one attached hydrogen (secondary N) is 1. The van der Waals surface area contributed by atoms with Crippen molar-refractivity contribution in [3.05, 3.63) is 35.4 Å². The van der Waals surface area contributed by atoms with Gasteiger partial charge in [0.1, 0.15) is 0 Å². The van der Waals surface area contributed by atoms with E-state index in [9.17, 15) is 4.79 Å². The van der Waals surface area contributed by atoms with Crippen molar-refractivity contribution >= 4 is 5.91 Å². The summed E-state index contributed by atoms with van der Waals surface area (Å²) in [7, 11) is 1.69. The molecule has 0 aliphatic rings. The Labute approximate surface area is 102 Å². The molecule has 1 aromatic rings. The third-order valence-electron chi connectivity index (χ3n) is 2.41. The summed E-state index contributed by atoms with van der Waals surface area (Å²) < 4.78 is 5.08. The first-order valence-electron chi connectivity index (χ1n) is 5.78. The molecule has 0 atom stereocenters. The normalized spacial score (nSPS) is 10.4. The Kier molecular flexibility index (Phi) is 6.29. The van der Waals surface area contributed by atoms with E-state index in [1.165, 1.54) is 11.1 Å². The number of rotatable bonds is 8. The average Bonchev–Trinajstić information content (AvgIpc) is 2.29. The number of carbonyl (C=O) groups excluding carboxylic acids is 1. The topological polar surface area (TPSA) is 64.3 Å². The number of methoxy groups -OCH3 is 1. The second kappa shape index (κ2) is 7.81. The molecule has 94 valence electrons. The Morgan fingerprint density at radius 2 is 2.18 bits per heavy atom. The molecule has 0 saturated carbocycles. The Hall–Kier alpha value is -1.39. The largest absolute Gasteiger partial charge is 0.380 e. The van der Waals surface area contributed by atoms with Crippen LogP contribution in [0.3, 0.4) is 0 Å². The molecular formula is C13H20N2O2. The third kappa shape index (κ3) is 6.04. The van der Waals surface area contributed by atoms with Gasteiger partial charge >= 0.3 is 0 Å². The average molecular weight is 236 g/mol. The smallest absolute Gasteiger partial charge is 0.217 e. The molecule has 4 nitrogen and oxygen atoms in total. The van der Waals surface area contributed by atoms with Gasteiger partial charge in [-0.2, -0.15) is 0 Å². The molecule has 0 fully saturated rings. The van der Waals surface area contributed by atoms with E-state index in [-0.39, 0.29) is 5.91 Å². The number of ether oxygens (including phenoxy) is 1. The fourth-order valence-electron chi connectivity index (χ4n) is 1.62. The van der Waals surface area contributed by atoms with Crippen molar-refractivity contribution < 1.29 is 9.53 Å². The van der Waals surface area contributed by atoms with Crippen molar-refractivity contribution in [1.82, 2.24) is 5.32 Å². The lowest BCUT2D eigenvalue weighted by Crippen LogP contribution is -2.18. The first-order valence-corrected chi connectivity index (χ1v) is 5.78. The van der Waals surface area contributed by atoms with Crippen LogP contribution < -0.4 is 11.1 Å². The zero-order chi connectivity index (χ0) is 12.5. The highest BCUT2D eigenvalue weighted by Crippen LogP contribution is 2.06. The predicted molar refractivity (Wildman–Crippen MR) is 67.3 cm³/mol. The van der Waals surface area contributed by atoms with Gasteiger partial charge in [0.15, 0.2) is 0 Å². The maximum atomic E-state index is 10.5. The van der Waals surface area contributed by atoms with E-state index in [2.05, 4.69) is 17.4 Å². The number of nitrogens with two attached hydrogens (primary N) is 1. The van der Waals surface area contributed by atoms with E-state index < -0.39 is 0 Å². The number of benzene rings is 1. The number of carbonyl (C=O) groups is 1. The van der Waals surface area contributed by atoms with Gasteiger partial charge in [0.2, 0.25) is 5.91 Å². The molecule has 1 amide bonds. The SMILES string of the molecule is COCc1cccc(CNCCCC(N)=O)c1. The lowest BCUT2D eigenvalue weighted by molar-refractivity contribution is -0.118. The molecule has 0 radical (unpaired) electrons. The Bertz CT molecular complexity index is 353. The molecule has 1 aromatic carbocycles. The van der Waals surface area contributed by atoms with Gasteiger partial charge in [-0.15, -0.1) is 0 Å². The summed E-state index contributed by atoms with van der Waals surface area (Å²) in [6.45, 7) is 2.24. The number of amides is 1. The molecule has 4 heteroatoms. The highest BCUT2D eigenvalue weighted by Gasteiger charge is 1.97. The standard InChI is InChI=1S/C13H20N2O2/c1-17-10-12-5-2-4-11(8-12)9-15-7-3-6-13(14)16/h2,4-5,8,15H,3,6-7,9-10H2,1H3,(H2,14,16). The van der Waals surface area contributed by atoms with Gasteiger partial charge in [-0.3, -0.25) is 4.79 Å². The highest BCUT2D eigenvalue weighted by atomic mass is 16.5. The van der Waals surface area contributed by atoms with Crippen LogP contribution in [0.5, 0.6) is 0 Å². The molecule has 0 heterocycles. The van der Waals surface area contributed by atoms with Crippen molar-refractivity contribution in [2.45, 2.75) is 26.0 Å². The van der Waals surface area contributed by atoms with Gasteiger partial charge in [0.05, 0.1) is 6.61 Å². The predicted octanol–water partition coefficient (Wildman–Crippen LogP) is 1.19. The highest BCUT2D eigenvalue weighted by molar-refractivity contribution is 5.73. The van der Waals surface area contributed by atoms with Crippen molar-refractivity contribution in [3.63, 3.8) is 0 Å². The van der Waals surface area contributed by atoms with Crippen LogP contribution in [0.1, 0.15) is 24.0 Å². The second-order valence-corrected chi connectivity index (χ2v) is 4.00. The summed E-state index contributed by atoms with van der Waals surface area (Å²) in [5.41, 5.74) is 7.45. The van der Waals surface area contributed by atoms with Gasteiger partial charge < -0.3 is 15.8 Å². The van der Waals surface area contributed by atoms with Gasteiger partial charge in [0.25, 0.3) is 0 Å². The fraction of sp³-hybridized carbons (Fsp3) is 0.462. The quantitative estimate of drug-likeness (QED) is 0.666. The molecule has 0 spiro atoms. The maximum Gasteiger partial charge on any atom is 0.217 e. The zero-order valence-corrected chi connectivity index (χ0v) is 10.2. The third-order valence-corrected chi connectivity index (χ3v) is 2.41. The molecule has 1 rings (SSSR count). The molecule has 0 unspecified atom stereocenters. The molecular weight excluding hydrogens is 216 g/mol. The van der Waals surface area contributed by atoms with Crippen LogP contribution >= 0.6 is 0 Å². The van der Waals surface area contributed by atoms with E-state index >= 15 is 0 Å². The van der Waals surface area contributed by atoms with Crippen molar-refractivity contribution in [2.24, 2.45) is 5.73 Å². The van der Waals surface area contributed by atoms with Crippen molar-refractivity contribution in [3.8, 4) is 0 Å². The van der Waals surface area contributed by atoms with Crippen LogP contribution in [0, 0.1) is 0 Å². The van der Waals surface area contributed by atoms with E-state index in [1.807, 2.05) is 12.1 Å². The molecule has 17 heavy (non-hydrogen) atoms. The lowest BCUT2D eigenvalue weighted by atomic mass is 10.1. The van der Waals surface area contributed by atoms with Crippen LogP contribution in [0.25, 0.3) is 0 Å². The van der Waals surface area contributed by atoms with Gasteiger partial charge in [0, 0.05) is 20.1 Å². The summed E-state index contributed by atoms with van der Waals surface area (Å²) in [4.78, 5) is 10.5. The molecule has 0 aliphatic heterocycles. The summed E-state index contributed by atoms with van der Waals surface area (Å²) in [6, 6.07) is 8.25. The van der Waals surface area contributed by atoms with E-state index in [4.69, 9.17) is 10.5 Å². The lowest BCUT2D eigenvalue weighted by Gasteiger charge is -2.06. The van der Waals surface area contributed by atoms with Gasteiger partial charge in [-0.25, -0.2) is 0 Å². The van der Waals surface area contributed by atoms with Crippen LogP contribution in [0.4, 0.5) is 0 Å². The zero-order valence-electron chi connectivity index (χ0n) is 10.2. The second-order valence-electron chi connectivity index (χ2n) is 4.00. The fourth-order valence-corrected chi connectivity index (χ4v) is 1.62. The first-order chi connectivity index (χ1) is 8.22. The van der Waals surface area contributed by atoms with E-state index in [0.29, 0.717) is 13.0 Å². The molecule has 3 N–H and O–H groups in total. The summed E-state index contributed by atoms with van der Waals surface area (Å²) in [5.74, 6) is -0.242. The van der Waals surface area contributed by atoms with Crippen LogP contribution in [-0.2, 0) is 22.7 Å². The van der Waals surface area contributed by atoms with Crippen LogP contribution in [0.2, 0.25) is 0 Å². The number of hydrogen-bond acceptors (Lipinski definition) is 3. The Morgan fingerprint density at radius 1 is 1.41 bits per heavy atom. The minimum Gasteiger partial charge on any atom is -0.380 e. The van der Waals surface area contributed by atoms with Crippen LogP contribution in [0.15, 0.2) is 24.3 Å². The first kappa shape index (κ1) is 13.7. The minimum absolute atomic E-state index is 0.242. The maximum absolute atomic E-state index is 10.5. The van der Waals surface area contributed by atoms with Gasteiger partial charge in [-0.05, 0) is 24.1 Å². The summed E-state index contributed by atoms with van der Waals surface area (Å²) in [6.07, 6.45) is 1.23. The monoisotopic (exact) mass is 236 g/mol. The Morgan fingerprint density at radius 3 is 2.88 bits per heavy atom. The van der Waals surface area contributed by atoms with Gasteiger partial charge in [-0.1, -0.05) is 24.3 Å². The summed E-state index contributed by atoms with van der Waals surface area (Å²) >= 11 is 0. The Balaban J connectivity index is 2.26. The minimum atomic E-state index is -0.242. The molecule has 0 aromatic heterocycles. The van der Waals surface area contributed by atoms with E-state index in [1.54, 1.807) is 7.11 Å². The molecule has 0 saturated heterocycles. The molecule has 0 bridgehead atoms. The van der Waals surface area contributed by atoms with Crippen LogP contribution in [-0.4, -0.2) is 19.6 Å². The van der Waals surface area contributed by atoms with Crippen molar-refractivity contribution in [2.75, 3.05) is 13.7 Å². The van der Waals surface area contributed by atoms with E-state index in [0.717, 1.165) is 19.5 Å². The van der Waals surface area contributed by atoms with Crippen molar-refractivity contribution in [1.29, 1.82) is 0 Å². The molecule has 0 aliphatic carbocycles. The number of hydrogen-bond donors (Lipinski definition) is 2. The number of primary amides is 1.